The van der Waals surface area contributed by atoms with Crippen molar-refractivity contribution in [2.75, 3.05) is 6.54 Å². The number of hydrogen-bond acceptors (Lipinski definition) is 5. The van der Waals surface area contributed by atoms with Crippen LogP contribution in [0.1, 0.15) is 39.0 Å². The van der Waals surface area contributed by atoms with E-state index in [2.05, 4.69) is 16.5 Å². The van der Waals surface area contributed by atoms with Gasteiger partial charge in [0.05, 0.1) is 42.9 Å². The van der Waals surface area contributed by atoms with E-state index in [0.29, 0.717) is 30.8 Å². The van der Waals surface area contributed by atoms with Crippen molar-refractivity contribution in [2.45, 2.75) is 25.6 Å². The SMILES string of the molecule is N#Cc1cccc(C(=O)N2Cc3ccnn3[C@H](CC(=O)NCc3cccs3)C2)c1. The van der Waals surface area contributed by atoms with Gasteiger partial charge in [0.2, 0.25) is 5.91 Å². The zero-order chi connectivity index (χ0) is 20.2. The van der Waals surface area contributed by atoms with Crippen LogP contribution < -0.4 is 5.32 Å². The highest BCUT2D eigenvalue weighted by Gasteiger charge is 2.30. The molecule has 0 saturated carbocycles. The number of benzene rings is 1. The van der Waals surface area contributed by atoms with Crippen LogP contribution in [-0.4, -0.2) is 33.0 Å². The lowest BCUT2D eigenvalue weighted by Gasteiger charge is -2.33. The lowest BCUT2D eigenvalue weighted by molar-refractivity contribution is -0.122. The second-order valence-corrected chi connectivity index (χ2v) is 7.89. The van der Waals surface area contributed by atoms with E-state index in [1.165, 1.54) is 0 Å². The number of fused-ring (bicyclic) bond motifs is 1. The summed E-state index contributed by atoms with van der Waals surface area (Å²) in [6, 6.07) is 14.3. The molecule has 1 aliphatic heterocycles. The van der Waals surface area contributed by atoms with Crippen LogP contribution in [-0.2, 0) is 17.9 Å². The number of aromatic nitrogens is 2. The van der Waals surface area contributed by atoms with E-state index >= 15 is 0 Å². The molecule has 0 spiro atoms. The molecule has 2 aromatic heterocycles. The van der Waals surface area contributed by atoms with Crippen LogP contribution in [0.2, 0.25) is 0 Å². The number of amides is 2. The lowest BCUT2D eigenvalue weighted by atomic mass is 10.1. The summed E-state index contributed by atoms with van der Waals surface area (Å²) in [5.74, 6) is -0.232. The van der Waals surface area contributed by atoms with Gasteiger partial charge in [0.15, 0.2) is 0 Å². The van der Waals surface area contributed by atoms with E-state index in [-0.39, 0.29) is 24.3 Å². The highest BCUT2D eigenvalue weighted by molar-refractivity contribution is 7.09. The molecule has 3 aromatic rings. The maximum atomic E-state index is 13.0. The van der Waals surface area contributed by atoms with Crippen molar-refractivity contribution in [3.8, 4) is 6.07 Å². The monoisotopic (exact) mass is 405 g/mol. The average Bonchev–Trinajstić information content (AvgIpc) is 3.43. The van der Waals surface area contributed by atoms with Gasteiger partial charge >= 0.3 is 0 Å². The molecule has 7 nitrogen and oxygen atoms in total. The summed E-state index contributed by atoms with van der Waals surface area (Å²) in [7, 11) is 0. The fraction of sp³-hybridized carbons (Fsp3) is 0.238. The molecule has 0 bridgehead atoms. The standard InChI is InChI=1S/C21H19N5O2S/c22-11-15-3-1-4-16(9-15)21(28)25-13-17-6-7-24-26(17)18(14-25)10-20(27)23-12-19-5-2-8-29-19/h1-9,18H,10,12-14H2,(H,23,27)/t18-/m1/s1. The summed E-state index contributed by atoms with van der Waals surface area (Å²) in [4.78, 5) is 28.3. The van der Waals surface area contributed by atoms with Gasteiger partial charge in [-0.15, -0.1) is 11.3 Å². The number of nitrogens with one attached hydrogen (secondary N) is 1. The molecule has 0 radical (unpaired) electrons. The average molecular weight is 405 g/mol. The van der Waals surface area contributed by atoms with Crippen LogP contribution in [0.25, 0.3) is 0 Å². The number of thiophene rings is 1. The third kappa shape index (κ3) is 4.20. The highest BCUT2D eigenvalue weighted by Crippen LogP contribution is 2.24. The first-order valence-electron chi connectivity index (χ1n) is 9.25. The smallest absolute Gasteiger partial charge is 0.254 e. The topological polar surface area (TPSA) is 91.0 Å². The Kier molecular flexibility index (Phi) is 5.40. The fourth-order valence-electron chi connectivity index (χ4n) is 3.48. The normalized spacial score (nSPS) is 15.4. The zero-order valence-electron chi connectivity index (χ0n) is 15.6. The van der Waals surface area contributed by atoms with Crippen LogP contribution in [0.3, 0.4) is 0 Å². The van der Waals surface area contributed by atoms with Crippen LogP contribution in [0.15, 0.2) is 54.0 Å². The van der Waals surface area contributed by atoms with Crippen LogP contribution in [0.4, 0.5) is 0 Å². The maximum absolute atomic E-state index is 13.0. The number of rotatable bonds is 5. The molecule has 2 amide bonds. The molecule has 1 atom stereocenters. The molecule has 1 aromatic carbocycles. The van der Waals surface area contributed by atoms with Crippen LogP contribution >= 0.6 is 11.3 Å². The molecule has 1 aliphatic rings. The Morgan fingerprint density at radius 1 is 1.28 bits per heavy atom. The maximum Gasteiger partial charge on any atom is 0.254 e. The minimum atomic E-state index is -0.236. The molecular weight excluding hydrogens is 386 g/mol. The van der Waals surface area contributed by atoms with E-state index in [0.717, 1.165) is 10.6 Å². The molecule has 8 heteroatoms. The molecule has 146 valence electrons. The molecule has 0 saturated heterocycles. The van der Waals surface area contributed by atoms with Gasteiger partial charge in [0.1, 0.15) is 0 Å². The van der Waals surface area contributed by atoms with Crippen LogP contribution in [0, 0.1) is 11.3 Å². The zero-order valence-corrected chi connectivity index (χ0v) is 16.4. The molecule has 0 unspecified atom stereocenters. The summed E-state index contributed by atoms with van der Waals surface area (Å²) in [5, 5.41) is 18.4. The van der Waals surface area contributed by atoms with Crippen molar-refractivity contribution in [2.24, 2.45) is 0 Å². The predicted molar refractivity (Wildman–Crippen MR) is 108 cm³/mol. The summed E-state index contributed by atoms with van der Waals surface area (Å²) < 4.78 is 1.83. The first-order chi connectivity index (χ1) is 14.1. The van der Waals surface area contributed by atoms with Crippen molar-refractivity contribution < 1.29 is 9.59 Å². The summed E-state index contributed by atoms with van der Waals surface area (Å²) in [5.41, 5.74) is 1.80. The van der Waals surface area contributed by atoms with Crippen molar-refractivity contribution >= 4 is 23.2 Å². The quantitative estimate of drug-likeness (QED) is 0.707. The highest BCUT2D eigenvalue weighted by atomic mass is 32.1. The Morgan fingerprint density at radius 2 is 2.17 bits per heavy atom. The number of carbonyl (C=O) groups excluding carboxylic acids is 2. The number of nitrogens with zero attached hydrogens (tertiary/aromatic N) is 4. The Balaban J connectivity index is 1.47. The Hall–Kier alpha value is -3.44. The molecule has 3 heterocycles. The third-order valence-electron chi connectivity index (χ3n) is 4.87. The van der Waals surface area contributed by atoms with E-state index < -0.39 is 0 Å². The summed E-state index contributed by atoms with van der Waals surface area (Å²) in [6.07, 6.45) is 1.93. The van der Waals surface area contributed by atoms with Gasteiger partial charge in [-0.05, 0) is 35.7 Å². The second kappa shape index (κ2) is 8.29. The summed E-state index contributed by atoms with van der Waals surface area (Å²) >= 11 is 1.60. The first-order valence-corrected chi connectivity index (χ1v) is 10.1. The van der Waals surface area contributed by atoms with Crippen molar-refractivity contribution in [3.63, 3.8) is 0 Å². The summed E-state index contributed by atoms with van der Waals surface area (Å²) in [6.45, 7) is 1.30. The van der Waals surface area contributed by atoms with Gasteiger partial charge in [0.25, 0.3) is 5.91 Å². The fourth-order valence-corrected chi connectivity index (χ4v) is 4.13. The first kappa shape index (κ1) is 18.9. The molecule has 29 heavy (non-hydrogen) atoms. The Labute approximate surface area is 172 Å². The molecular formula is C21H19N5O2S. The third-order valence-corrected chi connectivity index (χ3v) is 5.75. The van der Waals surface area contributed by atoms with Crippen molar-refractivity contribution in [1.82, 2.24) is 20.0 Å². The van der Waals surface area contributed by atoms with E-state index in [9.17, 15) is 9.59 Å². The van der Waals surface area contributed by atoms with Gasteiger partial charge in [-0.2, -0.15) is 10.4 Å². The minimum absolute atomic E-state index is 0.0781. The number of nitriles is 1. The van der Waals surface area contributed by atoms with Gasteiger partial charge < -0.3 is 10.2 Å². The van der Waals surface area contributed by atoms with Crippen molar-refractivity contribution in [3.05, 3.63) is 75.7 Å². The van der Waals surface area contributed by atoms with E-state index in [1.54, 1.807) is 46.7 Å². The molecule has 4 rings (SSSR count). The minimum Gasteiger partial charge on any atom is -0.351 e. The van der Waals surface area contributed by atoms with Gasteiger partial charge in [-0.3, -0.25) is 14.3 Å². The lowest BCUT2D eigenvalue weighted by Crippen LogP contribution is -2.42. The molecule has 0 aliphatic carbocycles. The van der Waals surface area contributed by atoms with E-state index in [4.69, 9.17) is 5.26 Å². The van der Waals surface area contributed by atoms with Crippen molar-refractivity contribution in [1.29, 1.82) is 5.26 Å². The molecule has 1 N–H and O–H groups in total. The van der Waals surface area contributed by atoms with Gasteiger partial charge in [0, 0.05) is 23.2 Å². The Bertz CT molecular complexity index is 1070. The predicted octanol–water partition coefficient (Wildman–Crippen LogP) is 2.72. The van der Waals surface area contributed by atoms with Gasteiger partial charge in [-0.25, -0.2) is 0 Å². The molecule has 0 fully saturated rings. The Morgan fingerprint density at radius 3 is 2.97 bits per heavy atom. The van der Waals surface area contributed by atoms with Gasteiger partial charge in [-0.1, -0.05) is 12.1 Å². The van der Waals surface area contributed by atoms with Crippen LogP contribution in [0.5, 0.6) is 0 Å². The van der Waals surface area contributed by atoms with E-state index in [1.807, 2.05) is 28.3 Å². The largest absolute Gasteiger partial charge is 0.351 e. The second-order valence-electron chi connectivity index (χ2n) is 6.86. The number of carbonyl (C=O) groups is 2. The number of hydrogen-bond donors (Lipinski definition) is 1.